The summed E-state index contributed by atoms with van der Waals surface area (Å²) in [6.07, 6.45) is 7.02. The largest absolute Gasteiger partial charge is 0.396 e. The summed E-state index contributed by atoms with van der Waals surface area (Å²) < 4.78 is 7.44. The van der Waals surface area contributed by atoms with Gasteiger partial charge in [0.25, 0.3) is 0 Å². The van der Waals surface area contributed by atoms with Crippen molar-refractivity contribution in [3.8, 4) is 11.1 Å². The summed E-state index contributed by atoms with van der Waals surface area (Å²) in [4.78, 5) is 0. The summed E-state index contributed by atoms with van der Waals surface area (Å²) in [6.45, 7) is 2.94. The van der Waals surface area contributed by atoms with E-state index in [0.29, 0.717) is 12.3 Å². The highest BCUT2D eigenvalue weighted by molar-refractivity contribution is 5.61. The van der Waals surface area contributed by atoms with Gasteiger partial charge in [-0.3, -0.25) is 4.68 Å². The monoisotopic (exact) mass is 286 g/mol. The summed E-state index contributed by atoms with van der Waals surface area (Å²) in [5, 5.41) is 13.4. The number of aliphatic hydroxyl groups is 1. The highest BCUT2D eigenvalue weighted by atomic mass is 16.5. The number of hydrogen-bond acceptors (Lipinski definition) is 3. The molecule has 0 spiro atoms. The average Bonchev–Trinajstić information content (AvgIpc) is 2.98. The number of ether oxygens (including phenoxy) is 1. The third kappa shape index (κ3) is 3.71. The summed E-state index contributed by atoms with van der Waals surface area (Å²) in [6, 6.07) is 8.34. The fourth-order valence-electron chi connectivity index (χ4n) is 2.80. The van der Waals surface area contributed by atoms with Crippen LogP contribution in [0, 0.1) is 5.92 Å². The van der Waals surface area contributed by atoms with Crippen LogP contribution in [-0.4, -0.2) is 34.7 Å². The van der Waals surface area contributed by atoms with Crippen LogP contribution in [-0.2, 0) is 17.7 Å². The highest BCUT2D eigenvalue weighted by Gasteiger charge is 2.14. The Morgan fingerprint density at radius 1 is 1.14 bits per heavy atom. The molecule has 2 aromatic rings. The second-order valence-electron chi connectivity index (χ2n) is 5.68. The summed E-state index contributed by atoms with van der Waals surface area (Å²) in [5.74, 6) is 0.679. The Morgan fingerprint density at radius 3 is 2.62 bits per heavy atom. The second kappa shape index (κ2) is 6.87. The van der Waals surface area contributed by atoms with Crippen molar-refractivity contribution in [2.75, 3.05) is 19.8 Å². The van der Waals surface area contributed by atoms with Gasteiger partial charge in [0.1, 0.15) is 0 Å². The molecule has 3 rings (SSSR count). The average molecular weight is 286 g/mol. The molecule has 1 N–H and O–H groups in total. The maximum Gasteiger partial charge on any atom is 0.0568 e. The number of rotatable bonds is 5. The summed E-state index contributed by atoms with van der Waals surface area (Å²) >= 11 is 0. The van der Waals surface area contributed by atoms with Crippen molar-refractivity contribution in [1.82, 2.24) is 9.78 Å². The van der Waals surface area contributed by atoms with Crippen LogP contribution in [0.2, 0.25) is 0 Å². The lowest BCUT2D eigenvalue weighted by Gasteiger charge is -2.21. The zero-order chi connectivity index (χ0) is 14.5. The molecule has 21 heavy (non-hydrogen) atoms. The van der Waals surface area contributed by atoms with Gasteiger partial charge in [0, 0.05) is 38.1 Å². The Hall–Kier alpha value is -1.65. The predicted molar refractivity (Wildman–Crippen MR) is 82.0 cm³/mol. The maximum absolute atomic E-state index is 8.94. The van der Waals surface area contributed by atoms with Gasteiger partial charge in [0.2, 0.25) is 0 Å². The van der Waals surface area contributed by atoms with E-state index in [1.807, 2.05) is 10.9 Å². The van der Waals surface area contributed by atoms with Gasteiger partial charge in [-0.05, 0) is 36.3 Å². The number of aromatic nitrogens is 2. The number of hydrogen-bond donors (Lipinski definition) is 1. The Balaban J connectivity index is 1.66. The van der Waals surface area contributed by atoms with Crippen molar-refractivity contribution in [3.05, 3.63) is 42.2 Å². The molecule has 1 fully saturated rings. The first-order valence-electron chi connectivity index (χ1n) is 7.65. The fraction of sp³-hybridized carbons (Fsp3) is 0.471. The van der Waals surface area contributed by atoms with Gasteiger partial charge < -0.3 is 9.84 Å². The molecule has 0 aliphatic carbocycles. The lowest BCUT2D eigenvalue weighted by Crippen LogP contribution is -2.20. The first-order chi connectivity index (χ1) is 10.3. The van der Waals surface area contributed by atoms with E-state index in [2.05, 4.69) is 35.6 Å². The third-order valence-electron chi connectivity index (χ3n) is 4.11. The van der Waals surface area contributed by atoms with Gasteiger partial charge in [0.15, 0.2) is 0 Å². The molecule has 1 aromatic heterocycles. The fourth-order valence-corrected chi connectivity index (χ4v) is 2.80. The molecule has 0 amide bonds. The van der Waals surface area contributed by atoms with E-state index in [0.717, 1.165) is 43.7 Å². The molecule has 0 unspecified atom stereocenters. The van der Waals surface area contributed by atoms with Crippen LogP contribution in [0.15, 0.2) is 36.7 Å². The molecule has 4 nitrogen and oxygen atoms in total. The Morgan fingerprint density at radius 2 is 1.90 bits per heavy atom. The SMILES string of the molecule is OCCc1ccc(-c2cnn(CC3CCOCC3)c2)cc1. The van der Waals surface area contributed by atoms with Crippen molar-refractivity contribution in [2.24, 2.45) is 5.92 Å². The topological polar surface area (TPSA) is 47.3 Å². The Kier molecular flexibility index (Phi) is 4.68. The van der Waals surface area contributed by atoms with Crippen LogP contribution in [0.1, 0.15) is 18.4 Å². The number of nitrogens with zero attached hydrogens (tertiary/aromatic N) is 2. The molecule has 0 radical (unpaired) electrons. The van der Waals surface area contributed by atoms with Gasteiger partial charge in [-0.1, -0.05) is 24.3 Å². The third-order valence-corrected chi connectivity index (χ3v) is 4.11. The summed E-state index contributed by atoms with van der Waals surface area (Å²) in [5.41, 5.74) is 3.49. The molecule has 1 aromatic carbocycles. The van der Waals surface area contributed by atoms with Crippen LogP contribution < -0.4 is 0 Å². The van der Waals surface area contributed by atoms with Crippen LogP contribution in [0.5, 0.6) is 0 Å². The van der Waals surface area contributed by atoms with E-state index >= 15 is 0 Å². The van der Waals surface area contributed by atoms with Crippen LogP contribution in [0.3, 0.4) is 0 Å². The maximum atomic E-state index is 8.94. The van der Waals surface area contributed by atoms with E-state index in [1.54, 1.807) is 0 Å². The number of aliphatic hydroxyl groups excluding tert-OH is 1. The second-order valence-corrected chi connectivity index (χ2v) is 5.68. The normalized spacial score (nSPS) is 16.2. The Bertz CT molecular complexity index is 556. The zero-order valence-corrected chi connectivity index (χ0v) is 12.2. The van der Waals surface area contributed by atoms with Crippen molar-refractivity contribution in [3.63, 3.8) is 0 Å². The zero-order valence-electron chi connectivity index (χ0n) is 12.2. The minimum atomic E-state index is 0.197. The lowest BCUT2D eigenvalue weighted by molar-refractivity contribution is 0.0601. The van der Waals surface area contributed by atoms with Crippen LogP contribution in [0.25, 0.3) is 11.1 Å². The molecular weight excluding hydrogens is 264 g/mol. The van der Waals surface area contributed by atoms with E-state index < -0.39 is 0 Å². The van der Waals surface area contributed by atoms with Gasteiger partial charge in [-0.15, -0.1) is 0 Å². The molecule has 1 saturated heterocycles. The standard InChI is InChI=1S/C17H22N2O2/c20-8-5-14-1-3-16(4-2-14)17-11-18-19(13-17)12-15-6-9-21-10-7-15/h1-4,11,13,15,20H,5-10,12H2. The molecule has 4 heteroatoms. The van der Waals surface area contributed by atoms with Gasteiger partial charge in [0.05, 0.1) is 6.20 Å². The van der Waals surface area contributed by atoms with Crippen molar-refractivity contribution < 1.29 is 9.84 Å². The molecule has 0 bridgehead atoms. The minimum Gasteiger partial charge on any atom is -0.396 e. The van der Waals surface area contributed by atoms with E-state index in [1.165, 1.54) is 5.56 Å². The van der Waals surface area contributed by atoms with Gasteiger partial charge >= 0.3 is 0 Å². The van der Waals surface area contributed by atoms with Crippen molar-refractivity contribution >= 4 is 0 Å². The van der Waals surface area contributed by atoms with E-state index in [4.69, 9.17) is 9.84 Å². The first-order valence-corrected chi connectivity index (χ1v) is 7.65. The molecule has 1 aliphatic heterocycles. The molecule has 0 saturated carbocycles. The first kappa shape index (κ1) is 14.3. The lowest BCUT2D eigenvalue weighted by atomic mass is 10.0. The van der Waals surface area contributed by atoms with E-state index in [9.17, 15) is 0 Å². The molecule has 112 valence electrons. The summed E-state index contributed by atoms with van der Waals surface area (Å²) in [7, 11) is 0. The molecular formula is C17H22N2O2. The van der Waals surface area contributed by atoms with Gasteiger partial charge in [-0.25, -0.2) is 0 Å². The molecule has 2 heterocycles. The van der Waals surface area contributed by atoms with E-state index in [-0.39, 0.29) is 6.61 Å². The van der Waals surface area contributed by atoms with Crippen molar-refractivity contribution in [1.29, 1.82) is 0 Å². The molecule has 0 atom stereocenters. The number of benzene rings is 1. The van der Waals surface area contributed by atoms with Gasteiger partial charge in [-0.2, -0.15) is 5.10 Å². The quantitative estimate of drug-likeness (QED) is 0.918. The minimum absolute atomic E-state index is 0.197. The predicted octanol–water partition coefficient (Wildman–Crippen LogP) is 2.51. The van der Waals surface area contributed by atoms with Crippen molar-refractivity contribution in [2.45, 2.75) is 25.8 Å². The van der Waals surface area contributed by atoms with Crippen LogP contribution >= 0.6 is 0 Å². The smallest absolute Gasteiger partial charge is 0.0568 e. The highest BCUT2D eigenvalue weighted by Crippen LogP contribution is 2.21. The van der Waals surface area contributed by atoms with Crippen LogP contribution in [0.4, 0.5) is 0 Å². The molecule has 1 aliphatic rings. The Labute approximate surface area is 125 Å².